The number of hydrogen-bond acceptors (Lipinski definition) is 2. The zero-order chi connectivity index (χ0) is 14.7. The van der Waals surface area contributed by atoms with Crippen LogP contribution >= 0.6 is 0 Å². The Kier molecular flexibility index (Phi) is 4.67. The molecule has 0 aromatic carbocycles. The molecule has 0 aliphatic heterocycles. The fraction of sp³-hybridized carbons (Fsp3) is 0.722. The molecule has 2 aliphatic rings. The minimum absolute atomic E-state index is 0.0630. The third-order valence-corrected chi connectivity index (χ3v) is 5.51. The van der Waals surface area contributed by atoms with Gasteiger partial charge in [-0.3, -0.25) is 4.79 Å². The van der Waals surface area contributed by atoms with Crippen LogP contribution in [0.3, 0.4) is 0 Å². The van der Waals surface area contributed by atoms with Crippen molar-refractivity contribution in [3.8, 4) is 0 Å². The van der Waals surface area contributed by atoms with E-state index in [-0.39, 0.29) is 5.56 Å². The summed E-state index contributed by atoms with van der Waals surface area (Å²) in [5.41, 5.74) is 1.16. The lowest BCUT2D eigenvalue weighted by atomic mass is 9.71. The van der Waals surface area contributed by atoms with Gasteiger partial charge in [-0.15, -0.1) is 0 Å². The topological polar surface area (TPSA) is 34.0 Å². The molecule has 2 unspecified atom stereocenters. The maximum Gasteiger partial charge on any atom is 0.250 e. The van der Waals surface area contributed by atoms with Crippen LogP contribution in [0.2, 0.25) is 0 Å². The summed E-state index contributed by atoms with van der Waals surface area (Å²) in [6.07, 6.45) is 14.5. The summed E-state index contributed by atoms with van der Waals surface area (Å²) in [6.45, 7) is 0. The van der Waals surface area contributed by atoms with Gasteiger partial charge >= 0.3 is 0 Å². The molecule has 3 rings (SSSR count). The number of pyridine rings is 1. The molecular weight excluding hydrogens is 260 g/mol. The van der Waals surface area contributed by atoms with Gasteiger partial charge in [0.1, 0.15) is 0 Å². The van der Waals surface area contributed by atoms with Gasteiger partial charge in [-0.25, -0.2) is 0 Å². The molecule has 0 amide bonds. The molecule has 1 heterocycles. The number of rotatable bonds is 3. The Morgan fingerprint density at radius 2 is 1.71 bits per heavy atom. The van der Waals surface area contributed by atoms with Crippen LogP contribution in [0.1, 0.15) is 57.8 Å². The molecule has 2 atom stereocenters. The number of anilines is 1. The Morgan fingerprint density at radius 1 is 1.00 bits per heavy atom. The molecule has 0 spiro atoms. The summed E-state index contributed by atoms with van der Waals surface area (Å²) >= 11 is 0. The molecule has 0 saturated heterocycles. The molecule has 0 bridgehead atoms. The molecule has 1 N–H and O–H groups in total. The fourth-order valence-electron chi connectivity index (χ4n) is 4.36. The van der Waals surface area contributed by atoms with Crippen molar-refractivity contribution >= 4 is 5.69 Å². The lowest BCUT2D eigenvalue weighted by Gasteiger charge is -2.39. The summed E-state index contributed by atoms with van der Waals surface area (Å²) in [7, 11) is 1.83. The number of nitrogens with zero attached hydrogens (tertiary/aromatic N) is 1. The molecule has 0 radical (unpaired) electrons. The average molecular weight is 288 g/mol. The van der Waals surface area contributed by atoms with Crippen LogP contribution in [0.5, 0.6) is 0 Å². The summed E-state index contributed by atoms with van der Waals surface area (Å²) in [6, 6.07) is 4.20. The highest BCUT2D eigenvalue weighted by molar-refractivity contribution is 5.41. The number of aryl methyl sites for hydroxylation is 1. The van der Waals surface area contributed by atoms with Crippen LogP contribution in [0.15, 0.2) is 23.1 Å². The van der Waals surface area contributed by atoms with E-state index in [2.05, 4.69) is 5.32 Å². The van der Waals surface area contributed by atoms with Crippen molar-refractivity contribution in [1.29, 1.82) is 0 Å². The van der Waals surface area contributed by atoms with Gasteiger partial charge in [-0.05, 0) is 30.7 Å². The Bertz CT molecular complexity index is 516. The van der Waals surface area contributed by atoms with Crippen LogP contribution in [0.4, 0.5) is 5.69 Å². The first-order valence-electron chi connectivity index (χ1n) is 8.67. The van der Waals surface area contributed by atoms with Crippen LogP contribution in [0.25, 0.3) is 0 Å². The van der Waals surface area contributed by atoms with Crippen molar-refractivity contribution in [2.75, 3.05) is 5.32 Å². The zero-order valence-corrected chi connectivity index (χ0v) is 13.2. The maximum absolute atomic E-state index is 11.5. The summed E-state index contributed by atoms with van der Waals surface area (Å²) < 4.78 is 1.67. The van der Waals surface area contributed by atoms with Crippen molar-refractivity contribution in [1.82, 2.24) is 4.57 Å². The second kappa shape index (κ2) is 6.67. The molecule has 21 heavy (non-hydrogen) atoms. The highest BCUT2D eigenvalue weighted by Gasteiger charge is 2.32. The van der Waals surface area contributed by atoms with E-state index >= 15 is 0 Å². The second-order valence-electron chi connectivity index (χ2n) is 6.96. The van der Waals surface area contributed by atoms with Gasteiger partial charge in [0.25, 0.3) is 0 Å². The minimum Gasteiger partial charge on any atom is -0.381 e. The molecule has 1 aromatic heterocycles. The Balaban J connectivity index is 1.71. The first-order valence-corrected chi connectivity index (χ1v) is 8.67. The highest BCUT2D eigenvalue weighted by atomic mass is 16.1. The number of nitrogens with one attached hydrogen (secondary N) is 1. The van der Waals surface area contributed by atoms with Gasteiger partial charge in [-0.2, -0.15) is 0 Å². The molecule has 116 valence electrons. The normalized spacial score (nSPS) is 27.5. The first kappa shape index (κ1) is 14.7. The van der Waals surface area contributed by atoms with Gasteiger partial charge in [0, 0.05) is 25.4 Å². The standard InChI is InChI=1S/C18H28N2O/c1-20-13-15(11-12-18(20)21)19-17-10-6-5-9-16(17)14-7-3-2-4-8-14/h11-14,16-17,19H,2-10H2,1H3. The van der Waals surface area contributed by atoms with Crippen LogP contribution in [-0.2, 0) is 7.05 Å². The fourth-order valence-corrected chi connectivity index (χ4v) is 4.36. The van der Waals surface area contributed by atoms with E-state index in [4.69, 9.17) is 0 Å². The summed E-state index contributed by atoms with van der Waals surface area (Å²) in [4.78, 5) is 11.5. The summed E-state index contributed by atoms with van der Waals surface area (Å²) in [5.74, 6) is 1.75. The number of aromatic nitrogens is 1. The SMILES string of the molecule is Cn1cc(NC2CCCCC2C2CCCCC2)ccc1=O. The van der Waals surface area contributed by atoms with E-state index in [0.29, 0.717) is 6.04 Å². The molecule has 2 fully saturated rings. The van der Waals surface area contributed by atoms with Crippen molar-refractivity contribution < 1.29 is 0 Å². The predicted octanol–water partition coefficient (Wildman–Crippen LogP) is 3.94. The lowest BCUT2D eigenvalue weighted by Crippen LogP contribution is -2.37. The molecule has 2 saturated carbocycles. The quantitative estimate of drug-likeness (QED) is 0.914. The van der Waals surface area contributed by atoms with E-state index < -0.39 is 0 Å². The smallest absolute Gasteiger partial charge is 0.250 e. The van der Waals surface area contributed by atoms with E-state index in [1.807, 2.05) is 19.3 Å². The van der Waals surface area contributed by atoms with E-state index in [1.165, 1.54) is 57.8 Å². The van der Waals surface area contributed by atoms with Crippen molar-refractivity contribution in [2.24, 2.45) is 18.9 Å². The zero-order valence-electron chi connectivity index (χ0n) is 13.2. The van der Waals surface area contributed by atoms with Gasteiger partial charge < -0.3 is 9.88 Å². The van der Waals surface area contributed by atoms with Crippen molar-refractivity contribution in [3.63, 3.8) is 0 Å². The average Bonchev–Trinajstić information content (AvgIpc) is 2.52. The third-order valence-electron chi connectivity index (χ3n) is 5.51. The van der Waals surface area contributed by atoms with Gasteiger partial charge in [-0.1, -0.05) is 44.9 Å². The lowest BCUT2D eigenvalue weighted by molar-refractivity contribution is 0.180. The predicted molar refractivity (Wildman–Crippen MR) is 87.6 cm³/mol. The second-order valence-corrected chi connectivity index (χ2v) is 6.96. The van der Waals surface area contributed by atoms with Crippen molar-refractivity contribution in [2.45, 2.75) is 63.8 Å². The van der Waals surface area contributed by atoms with Gasteiger partial charge in [0.05, 0.1) is 5.69 Å². The Hall–Kier alpha value is -1.25. The van der Waals surface area contributed by atoms with E-state index in [1.54, 1.807) is 10.6 Å². The van der Waals surface area contributed by atoms with Gasteiger partial charge in [0.2, 0.25) is 5.56 Å². The number of hydrogen-bond donors (Lipinski definition) is 1. The largest absolute Gasteiger partial charge is 0.381 e. The van der Waals surface area contributed by atoms with E-state index in [0.717, 1.165) is 17.5 Å². The Labute approximate surface area is 127 Å². The van der Waals surface area contributed by atoms with Crippen molar-refractivity contribution in [3.05, 3.63) is 28.7 Å². The Morgan fingerprint density at radius 3 is 2.48 bits per heavy atom. The van der Waals surface area contributed by atoms with Crippen LogP contribution in [-0.4, -0.2) is 10.6 Å². The molecular formula is C18H28N2O. The van der Waals surface area contributed by atoms with Crippen LogP contribution in [0, 0.1) is 11.8 Å². The van der Waals surface area contributed by atoms with E-state index in [9.17, 15) is 4.79 Å². The monoisotopic (exact) mass is 288 g/mol. The molecule has 2 aliphatic carbocycles. The van der Waals surface area contributed by atoms with Crippen LogP contribution < -0.4 is 10.9 Å². The highest BCUT2D eigenvalue weighted by Crippen LogP contribution is 2.39. The minimum atomic E-state index is 0.0630. The molecule has 3 nitrogen and oxygen atoms in total. The maximum atomic E-state index is 11.5. The summed E-state index contributed by atoms with van der Waals surface area (Å²) in [5, 5.41) is 3.74. The molecule has 3 heteroatoms. The molecule has 1 aromatic rings. The first-order chi connectivity index (χ1) is 10.2. The van der Waals surface area contributed by atoms with Gasteiger partial charge in [0.15, 0.2) is 0 Å². The third kappa shape index (κ3) is 3.50.